The van der Waals surface area contributed by atoms with E-state index >= 15 is 0 Å². The van der Waals surface area contributed by atoms with Crippen molar-refractivity contribution < 1.29 is 23.6 Å². The Morgan fingerprint density at radius 3 is 2.37 bits per heavy atom. The highest BCUT2D eigenvalue weighted by Crippen LogP contribution is 2.20. The molecule has 180 valence electrons. The minimum Gasteiger partial charge on any atom is -0.458 e. The number of carbonyl (C=O) groups excluding carboxylic acids is 4. The number of carbonyl (C=O) groups is 4. The maximum absolute atomic E-state index is 12.1. The Bertz CT molecular complexity index is 1300. The molecule has 0 fully saturated rings. The number of halogens is 1. The van der Waals surface area contributed by atoms with Crippen molar-refractivity contribution in [3.8, 4) is 0 Å². The zero-order valence-corrected chi connectivity index (χ0v) is 20.4. The summed E-state index contributed by atoms with van der Waals surface area (Å²) >= 11 is 3.27. The van der Waals surface area contributed by atoms with Crippen molar-refractivity contribution in [2.45, 2.75) is 20.4 Å². The SMILES string of the molecule is Cc1ccc(NC(=O)C(=O)NCc2ccc(/C=N/NC(=O)C(=O)Nc3ccccc3Br)o2)cc1C. The number of nitrogens with zero attached hydrogens (tertiary/aromatic N) is 1. The van der Waals surface area contributed by atoms with E-state index in [1.54, 1.807) is 48.5 Å². The van der Waals surface area contributed by atoms with Crippen molar-refractivity contribution in [1.82, 2.24) is 10.7 Å². The van der Waals surface area contributed by atoms with Gasteiger partial charge in [-0.3, -0.25) is 19.2 Å². The molecule has 0 atom stereocenters. The summed E-state index contributed by atoms with van der Waals surface area (Å²) in [5.41, 5.74) is 5.13. The lowest BCUT2D eigenvalue weighted by Gasteiger charge is -2.07. The number of rotatable bonds is 6. The van der Waals surface area contributed by atoms with Crippen LogP contribution in [0.1, 0.15) is 22.6 Å². The van der Waals surface area contributed by atoms with Crippen molar-refractivity contribution in [1.29, 1.82) is 0 Å². The minimum absolute atomic E-state index is 0.0340. The van der Waals surface area contributed by atoms with Crippen LogP contribution >= 0.6 is 15.9 Å². The van der Waals surface area contributed by atoms with Crippen molar-refractivity contribution in [2.24, 2.45) is 5.10 Å². The fourth-order valence-corrected chi connectivity index (χ4v) is 3.14. The first-order valence-electron chi connectivity index (χ1n) is 10.4. The number of anilines is 2. The Morgan fingerprint density at radius 1 is 0.886 bits per heavy atom. The molecule has 0 radical (unpaired) electrons. The third-order valence-electron chi connectivity index (χ3n) is 4.76. The fourth-order valence-electron chi connectivity index (χ4n) is 2.76. The van der Waals surface area contributed by atoms with Gasteiger partial charge in [-0.05, 0) is 77.3 Å². The van der Waals surface area contributed by atoms with Crippen LogP contribution in [0.2, 0.25) is 0 Å². The van der Waals surface area contributed by atoms with Gasteiger partial charge >= 0.3 is 23.6 Å². The summed E-state index contributed by atoms with van der Waals surface area (Å²) in [7, 11) is 0. The lowest BCUT2D eigenvalue weighted by atomic mass is 10.1. The van der Waals surface area contributed by atoms with E-state index < -0.39 is 23.6 Å². The molecule has 0 saturated carbocycles. The summed E-state index contributed by atoms with van der Waals surface area (Å²) in [5.74, 6) is -2.86. The van der Waals surface area contributed by atoms with Crippen LogP contribution in [-0.2, 0) is 25.7 Å². The molecule has 2 aromatic carbocycles. The highest BCUT2D eigenvalue weighted by molar-refractivity contribution is 9.10. The van der Waals surface area contributed by atoms with E-state index in [0.29, 0.717) is 21.6 Å². The molecule has 3 aromatic rings. The van der Waals surface area contributed by atoms with E-state index in [1.165, 1.54) is 6.21 Å². The number of amides is 4. The maximum atomic E-state index is 12.1. The summed E-state index contributed by atoms with van der Waals surface area (Å²) < 4.78 is 6.09. The number of para-hydroxylation sites is 1. The largest absolute Gasteiger partial charge is 0.458 e. The molecule has 11 heteroatoms. The second kappa shape index (κ2) is 11.7. The van der Waals surface area contributed by atoms with Crippen LogP contribution < -0.4 is 21.4 Å². The summed E-state index contributed by atoms with van der Waals surface area (Å²) in [5, 5.41) is 11.1. The molecule has 0 saturated heterocycles. The molecule has 1 aromatic heterocycles. The average Bonchev–Trinajstić information content (AvgIpc) is 3.28. The Labute approximate surface area is 209 Å². The van der Waals surface area contributed by atoms with Crippen molar-refractivity contribution >= 4 is 57.1 Å². The van der Waals surface area contributed by atoms with E-state index in [0.717, 1.165) is 11.1 Å². The van der Waals surface area contributed by atoms with Gasteiger partial charge < -0.3 is 20.4 Å². The van der Waals surface area contributed by atoms with Gasteiger partial charge in [0.2, 0.25) is 0 Å². The Balaban J connectivity index is 1.44. The lowest BCUT2D eigenvalue weighted by molar-refractivity contribution is -0.136. The molecule has 0 unspecified atom stereocenters. The van der Waals surface area contributed by atoms with Gasteiger partial charge in [0, 0.05) is 10.2 Å². The molecule has 3 rings (SSSR count). The number of hydrogen-bond donors (Lipinski definition) is 4. The van der Waals surface area contributed by atoms with E-state index in [4.69, 9.17) is 4.42 Å². The number of aryl methyl sites for hydroxylation is 2. The normalized spacial score (nSPS) is 10.6. The van der Waals surface area contributed by atoms with Crippen LogP contribution in [0.25, 0.3) is 0 Å². The molecule has 0 aliphatic carbocycles. The number of hydrazone groups is 1. The first-order valence-corrected chi connectivity index (χ1v) is 11.2. The molecular weight excluding hydrogens is 518 g/mol. The highest BCUT2D eigenvalue weighted by atomic mass is 79.9. The molecule has 4 amide bonds. The molecule has 10 nitrogen and oxygen atoms in total. The smallest absolute Gasteiger partial charge is 0.329 e. The molecule has 0 spiro atoms. The minimum atomic E-state index is -0.967. The summed E-state index contributed by atoms with van der Waals surface area (Å²) in [6.07, 6.45) is 1.20. The molecule has 35 heavy (non-hydrogen) atoms. The highest BCUT2D eigenvalue weighted by Gasteiger charge is 2.15. The van der Waals surface area contributed by atoms with Crippen LogP contribution in [0.4, 0.5) is 11.4 Å². The van der Waals surface area contributed by atoms with E-state index in [1.807, 2.05) is 19.9 Å². The van der Waals surface area contributed by atoms with Crippen LogP contribution in [0, 0.1) is 13.8 Å². The third-order valence-corrected chi connectivity index (χ3v) is 5.45. The second-order valence-corrected chi connectivity index (χ2v) is 8.23. The topological polar surface area (TPSA) is 142 Å². The average molecular weight is 540 g/mol. The van der Waals surface area contributed by atoms with E-state index in [-0.39, 0.29) is 12.3 Å². The number of benzene rings is 2. The zero-order chi connectivity index (χ0) is 25.4. The third kappa shape index (κ3) is 7.37. The fraction of sp³-hybridized carbons (Fsp3) is 0.125. The van der Waals surface area contributed by atoms with E-state index in [2.05, 4.69) is 42.4 Å². The van der Waals surface area contributed by atoms with Gasteiger partial charge in [-0.1, -0.05) is 18.2 Å². The maximum Gasteiger partial charge on any atom is 0.329 e. The Kier molecular flexibility index (Phi) is 8.52. The number of nitrogens with one attached hydrogen (secondary N) is 4. The monoisotopic (exact) mass is 539 g/mol. The predicted molar refractivity (Wildman–Crippen MR) is 134 cm³/mol. The van der Waals surface area contributed by atoms with Gasteiger partial charge in [-0.15, -0.1) is 0 Å². The van der Waals surface area contributed by atoms with Crippen LogP contribution in [0.5, 0.6) is 0 Å². The van der Waals surface area contributed by atoms with Gasteiger partial charge in [0.15, 0.2) is 0 Å². The van der Waals surface area contributed by atoms with Crippen molar-refractivity contribution in [3.05, 3.63) is 81.7 Å². The van der Waals surface area contributed by atoms with Gasteiger partial charge in [0.1, 0.15) is 11.5 Å². The van der Waals surface area contributed by atoms with Gasteiger partial charge in [0.05, 0.1) is 18.4 Å². The van der Waals surface area contributed by atoms with Crippen molar-refractivity contribution in [2.75, 3.05) is 10.6 Å². The second-order valence-electron chi connectivity index (χ2n) is 7.37. The van der Waals surface area contributed by atoms with Crippen molar-refractivity contribution in [3.63, 3.8) is 0 Å². The Hall–Kier alpha value is -4.25. The number of furan rings is 1. The molecular formula is C24H22BrN5O5. The molecule has 0 aliphatic rings. The van der Waals surface area contributed by atoms with Gasteiger partial charge in [-0.25, -0.2) is 5.43 Å². The standard InChI is InChI=1S/C24H22BrN5O5/c1-14-7-8-16(11-15(14)2)28-22(32)21(31)26-12-17-9-10-18(35-17)13-27-30-24(34)23(33)29-20-6-4-3-5-19(20)25/h3-11,13H,12H2,1-2H3,(H,26,31)(H,28,32)(H,29,33)(H,30,34)/b27-13+. The molecule has 1 heterocycles. The Morgan fingerprint density at radius 2 is 1.63 bits per heavy atom. The molecule has 0 bridgehead atoms. The van der Waals surface area contributed by atoms with Gasteiger partial charge in [-0.2, -0.15) is 5.10 Å². The van der Waals surface area contributed by atoms with E-state index in [9.17, 15) is 19.2 Å². The van der Waals surface area contributed by atoms with Crippen LogP contribution in [0.3, 0.4) is 0 Å². The molecule has 0 aliphatic heterocycles. The van der Waals surface area contributed by atoms with Crippen LogP contribution in [-0.4, -0.2) is 29.8 Å². The number of hydrogen-bond acceptors (Lipinski definition) is 6. The quantitative estimate of drug-likeness (QED) is 0.216. The summed E-state index contributed by atoms with van der Waals surface area (Å²) in [6, 6.07) is 15.3. The zero-order valence-electron chi connectivity index (χ0n) is 18.8. The van der Waals surface area contributed by atoms with Gasteiger partial charge in [0.25, 0.3) is 0 Å². The predicted octanol–water partition coefficient (Wildman–Crippen LogP) is 3.00. The van der Waals surface area contributed by atoms with Crippen LogP contribution in [0.15, 0.2) is 68.6 Å². The first-order chi connectivity index (χ1) is 16.7. The lowest BCUT2D eigenvalue weighted by Crippen LogP contribution is -2.34. The summed E-state index contributed by atoms with van der Waals surface area (Å²) in [6.45, 7) is 3.83. The first kappa shape index (κ1) is 25.4. The molecule has 4 N–H and O–H groups in total. The summed E-state index contributed by atoms with van der Waals surface area (Å²) in [4.78, 5) is 48.0.